The van der Waals surface area contributed by atoms with Gasteiger partial charge in [0.2, 0.25) is 0 Å². The highest BCUT2D eigenvalue weighted by Crippen LogP contribution is 1.98. The van der Waals surface area contributed by atoms with Crippen LogP contribution in [0.25, 0.3) is 0 Å². The van der Waals surface area contributed by atoms with Crippen molar-refractivity contribution in [3.63, 3.8) is 0 Å². The summed E-state index contributed by atoms with van der Waals surface area (Å²) >= 11 is 0. The summed E-state index contributed by atoms with van der Waals surface area (Å²) in [5.74, 6) is -0.301. The summed E-state index contributed by atoms with van der Waals surface area (Å²) < 4.78 is 30.8. The van der Waals surface area contributed by atoms with E-state index in [-0.39, 0.29) is 5.97 Å². The highest BCUT2D eigenvalue weighted by atomic mass is 32.2. The summed E-state index contributed by atoms with van der Waals surface area (Å²) in [5, 5.41) is 0. The van der Waals surface area contributed by atoms with Gasteiger partial charge in [0.05, 0.1) is 18.4 Å². The average molecular weight is 261 g/mol. The van der Waals surface area contributed by atoms with Crippen molar-refractivity contribution in [1.29, 1.82) is 0 Å². The molecule has 1 rings (SSSR count). The number of carbonyl (C=O) groups is 1. The number of aromatic nitrogens is 1. The maximum Gasteiger partial charge on any atom is 0.339 e. The van der Waals surface area contributed by atoms with E-state index in [0.717, 1.165) is 6.42 Å². The fraction of sp³-hybridized carbons (Fsp3) is 0.400. The Morgan fingerprint density at radius 2 is 2.12 bits per heavy atom. The molecule has 0 aromatic carbocycles. The maximum atomic E-state index is 11.1. The van der Waals surface area contributed by atoms with Crippen LogP contribution in [0.2, 0.25) is 0 Å². The Morgan fingerprint density at radius 3 is 2.53 bits per heavy atom. The van der Waals surface area contributed by atoms with Crippen LogP contribution in [-0.2, 0) is 14.9 Å². The summed E-state index contributed by atoms with van der Waals surface area (Å²) in [6, 6.07) is 3.40. The van der Waals surface area contributed by atoms with Gasteiger partial charge < -0.3 is 4.74 Å². The van der Waals surface area contributed by atoms with Crippen LogP contribution >= 0.6 is 0 Å². The number of rotatable bonds is 3. The van der Waals surface area contributed by atoms with Crippen molar-refractivity contribution in [2.45, 2.75) is 13.3 Å². The first-order chi connectivity index (χ1) is 7.84. The van der Waals surface area contributed by atoms with Crippen LogP contribution < -0.4 is 0 Å². The van der Waals surface area contributed by atoms with Gasteiger partial charge in [-0.15, -0.1) is 0 Å². The largest absolute Gasteiger partial charge is 0.462 e. The fourth-order valence-corrected chi connectivity index (χ4v) is 0.762. The van der Waals surface area contributed by atoms with Crippen molar-refractivity contribution >= 4 is 16.1 Å². The minimum absolute atomic E-state index is 0.301. The van der Waals surface area contributed by atoms with Crippen molar-refractivity contribution in [3.8, 4) is 0 Å². The lowest BCUT2D eigenvalue weighted by molar-refractivity contribution is 0.0504. The molecule has 0 aliphatic heterocycles. The SMILES string of the molecule is CCCOC(=O)c1cccnc1.CS(=O)(=O)O. The number of carbonyl (C=O) groups excluding carboxylic acids is 1. The van der Waals surface area contributed by atoms with Gasteiger partial charge in [0.15, 0.2) is 0 Å². The Bertz CT molecular complexity index is 421. The molecule has 0 aliphatic carbocycles. The monoisotopic (exact) mass is 261 g/mol. The van der Waals surface area contributed by atoms with E-state index in [2.05, 4.69) is 4.98 Å². The van der Waals surface area contributed by atoms with E-state index in [0.29, 0.717) is 18.4 Å². The van der Waals surface area contributed by atoms with Crippen LogP contribution in [0.5, 0.6) is 0 Å². The van der Waals surface area contributed by atoms with E-state index < -0.39 is 10.1 Å². The van der Waals surface area contributed by atoms with Gasteiger partial charge in [-0.1, -0.05) is 6.92 Å². The van der Waals surface area contributed by atoms with Crippen molar-refractivity contribution in [2.75, 3.05) is 12.9 Å². The summed E-state index contributed by atoms with van der Waals surface area (Å²) in [7, 11) is -3.67. The third-order valence-corrected chi connectivity index (χ3v) is 1.33. The van der Waals surface area contributed by atoms with Crippen LogP contribution in [0.1, 0.15) is 23.7 Å². The van der Waals surface area contributed by atoms with Gasteiger partial charge in [0.25, 0.3) is 10.1 Å². The van der Waals surface area contributed by atoms with Crippen molar-refractivity contribution in [1.82, 2.24) is 4.98 Å². The highest BCUT2D eigenvalue weighted by Gasteiger charge is 2.04. The molecular weight excluding hydrogens is 246 g/mol. The van der Waals surface area contributed by atoms with Crippen molar-refractivity contribution in [3.05, 3.63) is 30.1 Å². The lowest BCUT2D eigenvalue weighted by Crippen LogP contribution is -2.05. The van der Waals surface area contributed by atoms with E-state index in [4.69, 9.17) is 9.29 Å². The van der Waals surface area contributed by atoms with E-state index in [1.54, 1.807) is 18.3 Å². The first-order valence-electron chi connectivity index (χ1n) is 4.84. The number of pyridine rings is 1. The van der Waals surface area contributed by atoms with Gasteiger partial charge in [-0.05, 0) is 18.6 Å². The van der Waals surface area contributed by atoms with E-state index in [9.17, 15) is 13.2 Å². The predicted octanol–water partition coefficient (Wildman–Crippen LogP) is 1.15. The smallest absolute Gasteiger partial charge is 0.339 e. The van der Waals surface area contributed by atoms with Crippen LogP contribution in [-0.4, -0.2) is 36.8 Å². The molecule has 0 atom stereocenters. The lowest BCUT2D eigenvalue weighted by Gasteiger charge is -2.00. The average Bonchev–Trinajstić information content (AvgIpc) is 2.25. The van der Waals surface area contributed by atoms with Gasteiger partial charge in [-0.25, -0.2) is 4.79 Å². The van der Waals surface area contributed by atoms with Crippen LogP contribution in [0.15, 0.2) is 24.5 Å². The topological polar surface area (TPSA) is 93.6 Å². The predicted molar refractivity (Wildman–Crippen MR) is 62.3 cm³/mol. The molecule has 0 aliphatic rings. The molecule has 0 radical (unpaired) electrons. The minimum atomic E-state index is -3.67. The molecule has 0 unspecified atom stereocenters. The van der Waals surface area contributed by atoms with E-state index in [1.807, 2.05) is 6.92 Å². The number of nitrogens with zero attached hydrogens (tertiary/aromatic N) is 1. The first-order valence-corrected chi connectivity index (χ1v) is 6.69. The molecule has 6 nitrogen and oxygen atoms in total. The second-order valence-corrected chi connectivity index (χ2v) is 4.58. The number of hydrogen-bond acceptors (Lipinski definition) is 5. The molecule has 96 valence electrons. The maximum absolute atomic E-state index is 11.1. The Morgan fingerprint density at radius 1 is 1.53 bits per heavy atom. The third kappa shape index (κ3) is 10.8. The molecule has 1 aromatic heterocycles. The van der Waals surface area contributed by atoms with E-state index in [1.165, 1.54) is 6.20 Å². The Balaban J connectivity index is 0.000000437. The highest BCUT2D eigenvalue weighted by molar-refractivity contribution is 7.85. The quantitative estimate of drug-likeness (QED) is 0.648. The molecule has 7 heteroatoms. The molecule has 0 bridgehead atoms. The van der Waals surface area contributed by atoms with Crippen LogP contribution in [0.3, 0.4) is 0 Å². The van der Waals surface area contributed by atoms with Gasteiger partial charge in [0, 0.05) is 12.4 Å². The normalized spacial score (nSPS) is 10.1. The number of ether oxygens (including phenoxy) is 1. The fourth-order valence-electron chi connectivity index (χ4n) is 0.762. The Hall–Kier alpha value is -1.47. The zero-order chi connectivity index (χ0) is 13.3. The van der Waals surface area contributed by atoms with Gasteiger partial charge in [-0.2, -0.15) is 8.42 Å². The zero-order valence-electron chi connectivity index (χ0n) is 9.66. The van der Waals surface area contributed by atoms with Gasteiger partial charge in [-0.3, -0.25) is 9.54 Å². The van der Waals surface area contributed by atoms with E-state index >= 15 is 0 Å². The molecule has 0 amide bonds. The Labute approximate surface area is 100 Å². The minimum Gasteiger partial charge on any atom is -0.462 e. The van der Waals surface area contributed by atoms with Crippen molar-refractivity contribution in [2.24, 2.45) is 0 Å². The molecule has 1 heterocycles. The molecule has 0 spiro atoms. The molecule has 17 heavy (non-hydrogen) atoms. The molecular formula is C10H15NO5S. The van der Waals surface area contributed by atoms with Crippen LogP contribution in [0, 0.1) is 0 Å². The third-order valence-electron chi connectivity index (χ3n) is 1.33. The number of hydrogen-bond donors (Lipinski definition) is 1. The molecule has 1 aromatic rings. The molecule has 0 saturated carbocycles. The Kier molecular flexibility index (Phi) is 7.08. The van der Waals surface area contributed by atoms with Gasteiger partial charge in [0.1, 0.15) is 0 Å². The summed E-state index contributed by atoms with van der Waals surface area (Å²) in [6.07, 6.45) is 4.67. The zero-order valence-corrected chi connectivity index (χ0v) is 10.5. The van der Waals surface area contributed by atoms with Crippen LogP contribution in [0.4, 0.5) is 0 Å². The molecule has 0 fully saturated rings. The summed E-state index contributed by atoms with van der Waals surface area (Å²) in [6.45, 7) is 2.42. The summed E-state index contributed by atoms with van der Waals surface area (Å²) in [4.78, 5) is 15.0. The molecule has 0 saturated heterocycles. The van der Waals surface area contributed by atoms with Gasteiger partial charge >= 0.3 is 5.97 Å². The first kappa shape index (κ1) is 15.5. The molecule has 1 N–H and O–H groups in total. The second kappa shape index (κ2) is 7.75. The number of esters is 1. The standard InChI is InChI=1S/C9H11NO2.CH4O3S/c1-2-6-12-9(11)8-4-3-5-10-7-8;1-5(2,3)4/h3-5,7H,2,6H2,1H3;1H3,(H,2,3,4). The lowest BCUT2D eigenvalue weighted by atomic mass is 10.3. The second-order valence-electron chi connectivity index (χ2n) is 3.11. The van der Waals surface area contributed by atoms with Crippen molar-refractivity contribution < 1.29 is 22.5 Å². The summed E-state index contributed by atoms with van der Waals surface area (Å²) in [5.41, 5.74) is 0.506.